The lowest BCUT2D eigenvalue weighted by molar-refractivity contribution is -0.122. The Labute approximate surface area is 217 Å². The lowest BCUT2D eigenvalue weighted by atomic mass is 10.1. The summed E-state index contributed by atoms with van der Waals surface area (Å²) in [7, 11) is 0. The van der Waals surface area contributed by atoms with Gasteiger partial charge in [-0.25, -0.2) is 9.69 Å². The summed E-state index contributed by atoms with van der Waals surface area (Å²) in [6.45, 7) is 0.262. The average molecular weight is 521 g/mol. The third-order valence-electron chi connectivity index (χ3n) is 5.08. The Morgan fingerprint density at radius 1 is 0.972 bits per heavy atom. The molecule has 0 spiro atoms. The van der Waals surface area contributed by atoms with Gasteiger partial charge in [0.05, 0.1) is 10.7 Å². The van der Waals surface area contributed by atoms with E-state index in [-0.39, 0.29) is 39.2 Å². The number of imide groups is 2. The molecule has 3 aromatic carbocycles. The van der Waals surface area contributed by atoms with Crippen molar-refractivity contribution in [1.29, 1.82) is 0 Å². The van der Waals surface area contributed by atoms with Crippen molar-refractivity contribution in [2.75, 3.05) is 11.5 Å². The highest BCUT2D eigenvalue weighted by Crippen LogP contribution is 2.35. The van der Waals surface area contributed by atoms with Crippen LogP contribution in [0.2, 0.25) is 10.0 Å². The number of urea groups is 1. The summed E-state index contributed by atoms with van der Waals surface area (Å²) in [6.07, 6.45) is 6.51. The maximum atomic E-state index is 13.2. The Balaban J connectivity index is 1.60. The number of halogens is 2. The Hall–Kier alpha value is -4.25. The number of anilines is 1. The minimum atomic E-state index is -0.881. The minimum Gasteiger partial charge on any atom is -0.489 e. The van der Waals surface area contributed by atoms with E-state index in [1.165, 1.54) is 18.2 Å². The number of terminal acetylenes is 1. The number of ether oxygens (including phenoxy) is 2. The van der Waals surface area contributed by atoms with E-state index in [0.717, 1.165) is 10.5 Å². The molecule has 36 heavy (non-hydrogen) atoms. The van der Waals surface area contributed by atoms with E-state index in [9.17, 15) is 14.4 Å². The molecule has 9 heteroatoms. The minimum absolute atomic E-state index is 0.0963. The highest BCUT2D eigenvalue weighted by molar-refractivity contribution is 6.40. The fourth-order valence-corrected chi connectivity index (χ4v) is 4.00. The van der Waals surface area contributed by atoms with Crippen LogP contribution in [0.25, 0.3) is 6.08 Å². The highest BCUT2D eigenvalue weighted by Gasteiger charge is 2.37. The fraction of sp³-hybridized carbons (Fsp3) is 0.0741. The lowest BCUT2D eigenvalue weighted by Crippen LogP contribution is -2.54. The summed E-state index contributed by atoms with van der Waals surface area (Å²) in [4.78, 5) is 39.2. The van der Waals surface area contributed by atoms with Crippen LogP contribution in [-0.2, 0) is 16.2 Å². The van der Waals surface area contributed by atoms with Gasteiger partial charge in [0.2, 0.25) is 0 Å². The largest absolute Gasteiger partial charge is 0.489 e. The molecule has 7 nitrogen and oxygen atoms in total. The van der Waals surface area contributed by atoms with E-state index in [1.807, 2.05) is 30.3 Å². The molecule has 4 rings (SSSR count). The van der Waals surface area contributed by atoms with E-state index in [0.29, 0.717) is 12.4 Å². The fourth-order valence-electron chi connectivity index (χ4n) is 3.43. The molecule has 0 atom stereocenters. The Morgan fingerprint density at radius 2 is 1.69 bits per heavy atom. The van der Waals surface area contributed by atoms with Crippen LogP contribution in [0.5, 0.6) is 11.5 Å². The van der Waals surface area contributed by atoms with Gasteiger partial charge in [0.1, 0.15) is 30.3 Å². The van der Waals surface area contributed by atoms with Gasteiger partial charge in [-0.3, -0.25) is 14.9 Å². The molecule has 3 aromatic rings. The number of carbonyl (C=O) groups is 3. The van der Waals surface area contributed by atoms with Gasteiger partial charge in [0, 0.05) is 10.6 Å². The quantitative estimate of drug-likeness (QED) is 0.261. The van der Waals surface area contributed by atoms with Crippen LogP contribution in [0.3, 0.4) is 0 Å². The normalized spacial score (nSPS) is 14.4. The van der Waals surface area contributed by atoms with E-state index in [4.69, 9.17) is 39.1 Å². The Morgan fingerprint density at radius 3 is 2.39 bits per heavy atom. The third kappa shape index (κ3) is 5.52. The van der Waals surface area contributed by atoms with Crippen LogP contribution in [-0.4, -0.2) is 24.5 Å². The van der Waals surface area contributed by atoms with E-state index < -0.39 is 17.8 Å². The van der Waals surface area contributed by atoms with E-state index in [2.05, 4.69) is 11.2 Å². The van der Waals surface area contributed by atoms with Crippen molar-refractivity contribution in [3.05, 3.63) is 93.5 Å². The second kappa shape index (κ2) is 11.0. The molecule has 0 saturated carbocycles. The highest BCUT2D eigenvalue weighted by atomic mass is 35.5. The van der Waals surface area contributed by atoms with Crippen molar-refractivity contribution in [3.63, 3.8) is 0 Å². The summed E-state index contributed by atoms with van der Waals surface area (Å²) in [5.74, 6) is 1.31. The van der Waals surface area contributed by atoms with Crippen LogP contribution in [0, 0.1) is 12.3 Å². The lowest BCUT2D eigenvalue weighted by Gasteiger charge is -2.26. The number of barbiturate groups is 1. The molecule has 0 aromatic heterocycles. The topological polar surface area (TPSA) is 84.9 Å². The molecule has 1 saturated heterocycles. The van der Waals surface area contributed by atoms with Crippen molar-refractivity contribution in [2.24, 2.45) is 0 Å². The van der Waals surface area contributed by atoms with Gasteiger partial charge in [-0.15, -0.1) is 6.42 Å². The van der Waals surface area contributed by atoms with Crippen LogP contribution in [0.15, 0.2) is 72.3 Å². The van der Waals surface area contributed by atoms with Gasteiger partial charge < -0.3 is 9.47 Å². The number of hydrogen-bond acceptors (Lipinski definition) is 5. The summed E-state index contributed by atoms with van der Waals surface area (Å²) in [5, 5.41) is 2.57. The molecule has 0 aliphatic carbocycles. The molecule has 0 bridgehead atoms. The van der Waals surface area contributed by atoms with Crippen LogP contribution in [0.1, 0.15) is 11.1 Å². The zero-order valence-corrected chi connectivity index (χ0v) is 20.2. The summed E-state index contributed by atoms with van der Waals surface area (Å²) in [5.41, 5.74) is 1.17. The molecule has 4 amide bonds. The molecule has 1 fully saturated rings. The maximum Gasteiger partial charge on any atom is 0.335 e. The van der Waals surface area contributed by atoms with Gasteiger partial charge in [-0.05, 0) is 48.0 Å². The molecule has 0 radical (unpaired) electrons. The van der Waals surface area contributed by atoms with Gasteiger partial charge in [0.15, 0.2) is 0 Å². The molecule has 180 valence electrons. The molecule has 1 aliphatic heterocycles. The van der Waals surface area contributed by atoms with Crippen LogP contribution < -0.4 is 19.7 Å². The number of carbonyl (C=O) groups excluding carboxylic acids is 3. The third-order valence-corrected chi connectivity index (χ3v) is 5.58. The molecule has 1 aliphatic rings. The van der Waals surface area contributed by atoms with E-state index in [1.54, 1.807) is 24.3 Å². The van der Waals surface area contributed by atoms with Gasteiger partial charge in [-0.2, -0.15) is 0 Å². The molecular weight excluding hydrogens is 503 g/mol. The first kappa shape index (κ1) is 24.9. The van der Waals surface area contributed by atoms with E-state index >= 15 is 0 Å². The van der Waals surface area contributed by atoms with Crippen molar-refractivity contribution in [3.8, 4) is 23.8 Å². The summed E-state index contributed by atoms with van der Waals surface area (Å²) in [6, 6.07) is 18.0. The van der Waals surface area contributed by atoms with Crippen LogP contribution >= 0.6 is 23.2 Å². The summed E-state index contributed by atoms with van der Waals surface area (Å²) < 4.78 is 11.2. The zero-order valence-electron chi connectivity index (χ0n) is 18.7. The second-order valence-corrected chi connectivity index (χ2v) is 8.37. The first-order valence-electron chi connectivity index (χ1n) is 10.6. The maximum absolute atomic E-state index is 13.2. The van der Waals surface area contributed by atoms with Crippen molar-refractivity contribution in [2.45, 2.75) is 6.61 Å². The Kier molecular flexibility index (Phi) is 7.59. The number of rotatable bonds is 7. The number of amides is 4. The number of nitrogens with one attached hydrogen (secondary N) is 1. The zero-order chi connectivity index (χ0) is 25.7. The first-order valence-corrected chi connectivity index (χ1v) is 11.4. The van der Waals surface area contributed by atoms with Crippen molar-refractivity contribution < 1.29 is 23.9 Å². The molecular formula is C27H18Cl2N2O5. The predicted octanol–water partition coefficient (Wildman–Crippen LogP) is 5.25. The number of nitrogens with zero attached hydrogens (tertiary/aromatic N) is 1. The van der Waals surface area contributed by atoms with Crippen molar-refractivity contribution in [1.82, 2.24) is 5.32 Å². The van der Waals surface area contributed by atoms with Gasteiger partial charge >= 0.3 is 6.03 Å². The molecule has 0 unspecified atom stereocenters. The smallest absolute Gasteiger partial charge is 0.335 e. The average Bonchev–Trinajstić information content (AvgIpc) is 2.86. The Bertz CT molecular complexity index is 1400. The standard InChI is InChI=1S/C27H18Cl2N2O5/c1-2-12-35-24-18(13-19(28)15-23(24)29)14-22-25(32)30-27(34)31(26(22)33)20-8-10-21(11-9-20)36-16-17-6-4-3-5-7-17/h1,3-11,13-15H,12,16H2,(H,30,32,34)/b22-14+. The van der Waals surface area contributed by atoms with Crippen molar-refractivity contribution >= 4 is 52.8 Å². The monoisotopic (exact) mass is 520 g/mol. The number of benzene rings is 3. The first-order chi connectivity index (χ1) is 17.4. The molecule has 1 heterocycles. The SMILES string of the molecule is C#CCOc1c(Cl)cc(Cl)cc1/C=C1\C(=O)NC(=O)N(c2ccc(OCc3ccccc3)cc2)C1=O. The second-order valence-electron chi connectivity index (χ2n) is 7.52. The van der Waals surface area contributed by atoms with Crippen LogP contribution in [0.4, 0.5) is 10.5 Å². The van der Waals surface area contributed by atoms with Gasteiger partial charge in [0.25, 0.3) is 11.8 Å². The number of hydrogen-bond donors (Lipinski definition) is 1. The predicted molar refractivity (Wildman–Crippen MR) is 137 cm³/mol. The van der Waals surface area contributed by atoms with Gasteiger partial charge in [-0.1, -0.05) is 59.5 Å². The molecule has 1 N–H and O–H groups in total. The summed E-state index contributed by atoms with van der Waals surface area (Å²) >= 11 is 12.3.